The van der Waals surface area contributed by atoms with Crippen molar-refractivity contribution in [3.63, 3.8) is 0 Å². The van der Waals surface area contributed by atoms with Crippen LogP contribution >= 0.6 is 0 Å². The molecule has 2 heterocycles. The number of ether oxygens (including phenoxy) is 2. The smallest absolute Gasteiger partial charge is 0.147 e. The van der Waals surface area contributed by atoms with Crippen LogP contribution in [-0.2, 0) is 0 Å². The number of rotatable bonds is 10. The van der Waals surface area contributed by atoms with Gasteiger partial charge in [0.25, 0.3) is 0 Å². The molecular weight excluding hydrogens is 753 g/mol. The molecule has 10 aromatic rings. The first-order valence-electron chi connectivity index (χ1n) is 20.9. The molecule has 0 fully saturated rings. The van der Waals surface area contributed by atoms with E-state index in [4.69, 9.17) is 9.47 Å². The van der Waals surface area contributed by atoms with Crippen molar-refractivity contribution in [3.05, 3.63) is 180 Å². The molecule has 0 radical (unpaired) electrons. The van der Waals surface area contributed by atoms with Crippen LogP contribution in [0.3, 0.4) is 0 Å². The van der Waals surface area contributed by atoms with Crippen molar-refractivity contribution >= 4 is 43.6 Å². The van der Waals surface area contributed by atoms with Crippen molar-refractivity contribution < 1.29 is 19.7 Å². The minimum absolute atomic E-state index is 0.196. The summed E-state index contributed by atoms with van der Waals surface area (Å²) in [6.07, 6.45) is 0.611. The van der Waals surface area contributed by atoms with E-state index in [0.29, 0.717) is 42.3 Å². The highest BCUT2D eigenvalue weighted by Gasteiger charge is 2.22. The van der Waals surface area contributed by atoms with E-state index in [1.165, 1.54) is 0 Å². The molecule has 0 unspecified atom stereocenters. The Morgan fingerprint density at radius 1 is 0.377 bits per heavy atom. The third-order valence-electron chi connectivity index (χ3n) is 11.8. The second-order valence-electron chi connectivity index (χ2n) is 16.1. The van der Waals surface area contributed by atoms with Gasteiger partial charge in [0.15, 0.2) is 0 Å². The zero-order valence-corrected chi connectivity index (χ0v) is 34.7. The van der Waals surface area contributed by atoms with Crippen LogP contribution in [0, 0.1) is 27.7 Å². The first-order chi connectivity index (χ1) is 29.7. The summed E-state index contributed by atoms with van der Waals surface area (Å²) in [6, 6.07) is 53.6. The van der Waals surface area contributed by atoms with Crippen molar-refractivity contribution in [1.82, 2.24) is 9.13 Å². The van der Waals surface area contributed by atoms with Crippen molar-refractivity contribution in [2.45, 2.75) is 34.1 Å². The average molecular weight is 799 g/mol. The van der Waals surface area contributed by atoms with Crippen LogP contribution in [0.25, 0.3) is 77.2 Å². The molecule has 61 heavy (non-hydrogen) atoms. The highest BCUT2D eigenvalue weighted by molar-refractivity contribution is 6.11. The SMILES string of the molecule is Cc1cc(-c2ccccc2OCCCOc2ccccc2-c2cc(C)cc(-n3c4ccccc4c4ccc(C)cc43)c2O)c(O)c(-n2c3ccccc3c3ccc(C)cc32)c1. The van der Waals surface area contributed by atoms with Gasteiger partial charge >= 0.3 is 0 Å². The van der Waals surface area contributed by atoms with Crippen LogP contribution < -0.4 is 9.47 Å². The van der Waals surface area contributed by atoms with Gasteiger partial charge in [-0.3, -0.25) is 0 Å². The van der Waals surface area contributed by atoms with Gasteiger partial charge in [-0.05, 0) is 111 Å². The molecule has 8 aromatic carbocycles. The number of hydrogen-bond donors (Lipinski definition) is 2. The fourth-order valence-corrected chi connectivity index (χ4v) is 9.00. The molecule has 0 atom stereocenters. The van der Waals surface area contributed by atoms with Crippen molar-refractivity contribution in [1.29, 1.82) is 0 Å². The second kappa shape index (κ2) is 15.3. The molecule has 0 bridgehead atoms. The van der Waals surface area contributed by atoms with E-state index in [1.807, 2.05) is 84.9 Å². The summed E-state index contributed by atoms with van der Waals surface area (Å²) in [5.74, 6) is 1.76. The summed E-state index contributed by atoms with van der Waals surface area (Å²) < 4.78 is 17.3. The van der Waals surface area contributed by atoms with Crippen molar-refractivity contribution in [2.75, 3.05) is 13.2 Å². The van der Waals surface area contributed by atoms with Gasteiger partial charge in [0.2, 0.25) is 0 Å². The van der Waals surface area contributed by atoms with E-state index in [0.717, 1.165) is 88.4 Å². The number of aromatic hydroxyl groups is 2. The maximum Gasteiger partial charge on any atom is 0.147 e. The van der Waals surface area contributed by atoms with Crippen LogP contribution in [0.4, 0.5) is 0 Å². The summed E-state index contributed by atoms with van der Waals surface area (Å²) in [5, 5.41) is 28.8. The predicted molar refractivity (Wildman–Crippen MR) is 250 cm³/mol. The Morgan fingerprint density at radius 3 is 1.23 bits per heavy atom. The first-order valence-corrected chi connectivity index (χ1v) is 20.9. The minimum atomic E-state index is 0.196. The predicted octanol–water partition coefficient (Wildman–Crippen LogP) is 13.7. The lowest BCUT2D eigenvalue weighted by Gasteiger charge is -2.18. The number of phenolic OH excluding ortho intramolecular Hbond substituents is 2. The van der Waals surface area contributed by atoms with Crippen LogP contribution in [0.15, 0.2) is 158 Å². The monoisotopic (exact) mass is 798 g/mol. The van der Waals surface area contributed by atoms with Gasteiger partial charge in [-0.1, -0.05) is 97.1 Å². The van der Waals surface area contributed by atoms with Gasteiger partial charge in [-0.2, -0.15) is 0 Å². The molecule has 0 spiro atoms. The van der Waals surface area contributed by atoms with E-state index in [2.05, 4.69) is 110 Å². The van der Waals surface area contributed by atoms with Gasteiger partial charge in [0.05, 0.1) is 46.7 Å². The highest BCUT2D eigenvalue weighted by atomic mass is 16.5. The molecule has 0 aliphatic carbocycles. The molecule has 300 valence electrons. The maximum atomic E-state index is 12.1. The molecular formula is C55H46N2O4. The third kappa shape index (κ3) is 6.61. The molecule has 6 nitrogen and oxygen atoms in total. The Kier molecular flexibility index (Phi) is 9.48. The number of aryl methyl sites for hydroxylation is 4. The van der Waals surface area contributed by atoms with E-state index >= 15 is 0 Å². The molecule has 2 aromatic heterocycles. The van der Waals surface area contributed by atoms with Gasteiger partial charge < -0.3 is 28.8 Å². The Balaban J connectivity index is 0.910. The molecule has 0 saturated carbocycles. The highest BCUT2D eigenvalue weighted by Crippen LogP contribution is 2.45. The third-order valence-corrected chi connectivity index (χ3v) is 11.8. The molecule has 6 heteroatoms. The maximum absolute atomic E-state index is 12.1. The quantitative estimate of drug-likeness (QED) is 0.135. The van der Waals surface area contributed by atoms with E-state index in [9.17, 15) is 10.2 Å². The van der Waals surface area contributed by atoms with Crippen molar-refractivity contribution in [3.8, 4) is 56.6 Å². The summed E-state index contributed by atoms with van der Waals surface area (Å²) in [4.78, 5) is 0. The van der Waals surface area contributed by atoms with Gasteiger partial charge in [0.1, 0.15) is 23.0 Å². The van der Waals surface area contributed by atoms with E-state index in [1.54, 1.807) is 0 Å². The Morgan fingerprint density at radius 2 is 0.770 bits per heavy atom. The lowest BCUT2D eigenvalue weighted by molar-refractivity contribution is 0.248. The first kappa shape index (κ1) is 37.8. The molecule has 0 amide bonds. The molecule has 0 aliphatic heterocycles. The minimum Gasteiger partial charge on any atom is -0.505 e. The zero-order chi connectivity index (χ0) is 41.8. The standard InChI is InChI=1S/C55H46N2O4/c1-34-22-24-40-38-14-5-9-18-46(38)56(48(40)30-34)50-32-36(3)28-44(54(50)58)42-16-7-11-20-52(42)60-26-13-27-61-53-21-12-8-17-43(53)45-29-37(4)33-51(55(45)59)57-47-19-10-6-15-39(47)41-25-23-35(2)31-49(41)57/h5-12,14-25,28-33,58-59H,13,26-27H2,1-4H3. The lowest BCUT2D eigenvalue weighted by atomic mass is 9.99. The van der Waals surface area contributed by atoms with Crippen LogP contribution in [0.5, 0.6) is 23.0 Å². The Labute approximate surface area is 355 Å². The number of aromatic nitrogens is 2. The van der Waals surface area contributed by atoms with Gasteiger partial charge in [-0.25, -0.2) is 0 Å². The summed E-state index contributed by atoms with van der Waals surface area (Å²) in [6.45, 7) is 9.12. The largest absolute Gasteiger partial charge is 0.505 e. The fraction of sp³-hybridized carbons (Fsp3) is 0.127. The Bertz CT molecular complexity index is 3100. The Hall–Kier alpha value is -7.44. The number of hydrogen-bond acceptors (Lipinski definition) is 4. The molecule has 0 aliphatic rings. The summed E-state index contributed by atoms with van der Waals surface area (Å²) >= 11 is 0. The lowest BCUT2D eigenvalue weighted by Crippen LogP contribution is -2.06. The molecule has 10 rings (SSSR count). The average Bonchev–Trinajstić information content (AvgIpc) is 3.77. The number of para-hydroxylation sites is 4. The van der Waals surface area contributed by atoms with E-state index < -0.39 is 0 Å². The summed E-state index contributed by atoms with van der Waals surface area (Å²) in [7, 11) is 0. The fourth-order valence-electron chi connectivity index (χ4n) is 9.00. The van der Waals surface area contributed by atoms with Gasteiger partial charge in [-0.15, -0.1) is 0 Å². The van der Waals surface area contributed by atoms with Crippen LogP contribution in [0.1, 0.15) is 28.7 Å². The number of benzene rings is 8. The van der Waals surface area contributed by atoms with Gasteiger partial charge in [0, 0.05) is 50.2 Å². The zero-order valence-electron chi connectivity index (χ0n) is 34.7. The van der Waals surface area contributed by atoms with Crippen molar-refractivity contribution in [2.24, 2.45) is 0 Å². The molecule has 2 N–H and O–H groups in total. The topological polar surface area (TPSA) is 68.8 Å². The number of nitrogens with zero attached hydrogens (tertiary/aromatic N) is 2. The molecule has 0 saturated heterocycles. The van der Waals surface area contributed by atoms with Crippen LogP contribution in [0.2, 0.25) is 0 Å². The van der Waals surface area contributed by atoms with Crippen LogP contribution in [-0.4, -0.2) is 32.6 Å². The normalized spacial score (nSPS) is 11.6. The second-order valence-corrected chi connectivity index (χ2v) is 16.1. The number of phenols is 2. The van der Waals surface area contributed by atoms with E-state index in [-0.39, 0.29) is 11.5 Å². The number of fused-ring (bicyclic) bond motifs is 6. The summed E-state index contributed by atoms with van der Waals surface area (Å²) in [5.41, 5.74) is 13.1.